The van der Waals surface area contributed by atoms with Crippen molar-refractivity contribution in [1.82, 2.24) is 5.32 Å². The fraction of sp³-hybridized carbons (Fsp3) is 0.200. The molecule has 0 aliphatic heterocycles. The van der Waals surface area contributed by atoms with Crippen molar-refractivity contribution < 1.29 is 18.7 Å². The Balaban J connectivity index is 1.90. The number of amides is 1. The van der Waals surface area contributed by atoms with Gasteiger partial charge < -0.3 is 19.2 Å². The number of hydrogen-bond donors (Lipinski definition) is 1. The number of benzene rings is 2. The maximum Gasteiger partial charge on any atom is 0.337 e. The van der Waals surface area contributed by atoms with Crippen LogP contribution in [0.25, 0.3) is 11.0 Å². The largest absolute Gasteiger partial charge is 0.497 e. The number of nitrogens with one attached hydrogen (secondary N) is 1. The second-order valence-electron chi connectivity index (χ2n) is 5.81. The monoisotopic (exact) mass is 353 g/mol. The fourth-order valence-electron chi connectivity index (χ4n) is 2.71. The molecule has 26 heavy (non-hydrogen) atoms. The number of rotatable bonds is 5. The van der Waals surface area contributed by atoms with Crippen LogP contribution in [0.1, 0.15) is 28.9 Å². The molecular formula is C20H19NO5. The van der Waals surface area contributed by atoms with Crippen LogP contribution in [-0.4, -0.2) is 20.1 Å². The molecule has 0 radical (unpaired) electrons. The zero-order chi connectivity index (χ0) is 18.7. The van der Waals surface area contributed by atoms with Crippen molar-refractivity contribution >= 4 is 16.9 Å². The first-order chi connectivity index (χ1) is 12.5. The second kappa shape index (κ2) is 7.31. The Morgan fingerprint density at radius 3 is 2.31 bits per heavy atom. The van der Waals surface area contributed by atoms with Gasteiger partial charge in [-0.1, -0.05) is 12.1 Å². The van der Waals surface area contributed by atoms with Gasteiger partial charge in [0.15, 0.2) is 0 Å². The van der Waals surface area contributed by atoms with E-state index in [1.807, 2.05) is 31.2 Å². The second-order valence-corrected chi connectivity index (χ2v) is 5.81. The number of ether oxygens (including phenoxy) is 2. The first-order valence-corrected chi connectivity index (χ1v) is 8.08. The maximum absolute atomic E-state index is 12.7. The van der Waals surface area contributed by atoms with Crippen LogP contribution in [0.15, 0.2) is 57.7 Å². The third-order valence-corrected chi connectivity index (χ3v) is 4.16. The highest BCUT2D eigenvalue weighted by Gasteiger charge is 2.16. The van der Waals surface area contributed by atoms with E-state index in [9.17, 15) is 9.59 Å². The molecule has 0 aliphatic carbocycles. The molecule has 1 atom stereocenters. The zero-order valence-corrected chi connectivity index (χ0v) is 14.7. The van der Waals surface area contributed by atoms with Crippen molar-refractivity contribution in [3.8, 4) is 11.5 Å². The van der Waals surface area contributed by atoms with Gasteiger partial charge in [-0.25, -0.2) is 4.79 Å². The van der Waals surface area contributed by atoms with Crippen LogP contribution in [0.2, 0.25) is 0 Å². The van der Waals surface area contributed by atoms with Gasteiger partial charge in [-0.05, 0) is 36.8 Å². The van der Waals surface area contributed by atoms with Crippen LogP contribution in [-0.2, 0) is 0 Å². The highest BCUT2D eigenvalue weighted by atomic mass is 16.5. The number of fused-ring (bicyclic) bond motifs is 1. The molecule has 1 amide bonds. The van der Waals surface area contributed by atoms with Gasteiger partial charge in [0.1, 0.15) is 17.1 Å². The van der Waals surface area contributed by atoms with E-state index in [0.717, 1.165) is 11.3 Å². The van der Waals surface area contributed by atoms with E-state index >= 15 is 0 Å². The van der Waals surface area contributed by atoms with E-state index in [2.05, 4.69) is 5.32 Å². The molecule has 3 aromatic rings. The molecule has 0 saturated carbocycles. The minimum atomic E-state index is -0.590. The third-order valence-electron chi connectivity index (χ3n) is 4.16. The molecule has 6 nitrogen and oxygen atoms in total. The zero-order valence-electron chi connectivity index (χ0n) is 14.7. The van der Waals surface area contributed by atoms with Crippen molar-refractivity contribution in [2.75, 3.05) is 14.2 Å². The molecule has 1 unspecified atom stereocenters. The van der Waals surface area contributed by atoms with Crippen molar-refractivity contribution in [2.45, 2.75) is 13.0 Å². The number of carbonyl (C=O) groups excluding carboxylic acids is 1. The van der Waals surface area contributed by atoms with Crippen molar-refractivity contribution in [2.24, 2.45) is 0 Å². The molecule has 0 bridgehead atoms. The number of carbonyl (C=O) groups is 1. The summed E-state index contributed by atoms with van der Waals surface area (Å²) in [7, 11) is 3.12. The summed E-state index contributed by atoms with van der Waals surface area (Å²) in [6.07, 6.45) is 0. The Hall–Kier alpha value is -3.28. The topological polar surface area (TPSA) is 77.8 Å². The molecule has 6 heteroatoms. The summed E-state index contributed by atoms with van der Waals surface area (Å²) in [6, 6.07) is 13.4. The smallest absolute Gasteiger partial charge is 0.337 e. The lowest BCUT2D eigenvalue weighted by atomic mass is 10.1. The van der Waals surface area contributed by atoms with Gasteiger partial charge in [-0.15, -0.1) is 0 Å². The SMILES string of the molecule is COc1ccc(C(C)NC(=O)c2cc(=O)oc3cc(OC)ccc23)cc1. The molecule has 1 aromatic heterocycles. The summed E-state index contributed by atoms with van der Waals surface area (Å²) in [6.45, 7) is 1.87. The highest BCUT2D eigenvalue weighted by molar-refractivity contribution is 6.05. The average Bonchev–Trinajstić information content (AvgIpc) is 2.66. The Bertz CT molecular complexity index is 991. The van der Waals surface area contributed by atoms with Crippen molar-refractivity contribution in [1.29, 1.82) is 0 Å². The molecule has 2 aromatic carbocycles. The summed E-state index contributed by atoms with van der Waals surface area (Å²) in [5, 5.41) is 3.45. The Morgan fingerprint density at radius 1 is 1.00 bits per heavy atom. The van der Waals surface area contributed by atoms with Gasteiger partial charge in [0.25, 0.3) is 5.91 Å². The molecular weight excluding hydrogens is 334 g/mol. The summed E-state index contributed by atoms with van der Waals surface area (Å²) in [4.78, 5) is 24.6. The predicted octanol–water partition coefficient (Wildman–Crippen LogP) is 3.30. The normalized spacial score (nSPS) is 11.8. The number of methoxy groups -OCH3 is 2. The van der Waals surface area contributed by atoms with E-state index in [-0.39, 0.29) is 17.5 Å². The maximum atomic E-state index is 12.7. The summed E-state index contributed by atoms with van der Waals surface area (Å²) >= 11 is 0. The van der Waals surface area contributed by atoms with Crippen LogP contribution in [0, 0.1) is 0 Å². The molecule has 0 aliphatic rings. The van der Waals surface area contributed by atoms with E-state index in [1.165, 1.54) is 13.2 Å². The van der Waals surface area contributed by atoms with E-state index < -0.39 is 5.63 Å². The Labute approximate surface area is 150 Å². The van der Waals surface area contributed by atoms with Crippen LogP contribution in [0.4, 0.5) is 0 Å². The van der Waals surface area contributed by atoms with Crippen LogP contribution >= 0.6 is 0 Å². The molecule has 0 fully saturated rings. The third kappa shape index (κ3) is 3.54. The molecule has 1 heterocycles. The summed E-state index contributed by atoms with van der Waals surface area (Å²) in [5.41, 5.74) is 0.902. The lowest BCUT2D eigenvalue weighted by Gasteiger charge is -2.15. The van der Waals surface area contributed by atoms with Gasteiger partial charge in [-0.2, -0.15) is 0 Å². The lowest BCUT2D eigenvalue weighted by molar-refractivity contribution is 0.0941. The highest BCUT2D eigenvalue weighted by Crippen LogP contribution is 2.23. The van der Waals surface area contributed by atoms with Gasteiger partial charge in [0.2, 0.25) is 0 Å². The Morgan fingerprint density at radius 2 is 1.65 bits per heavy atom. The van der Waals surface area contributed by atoms with E-state index in [1.54, 1.807) is 25.3 Å². The van der Waals surface area contributed by atoms with Crippen molar-refractivity contribution in [3.63, 3.8) is 0 Å². The van der Waals surface area contributed by atoms with Crippen molar-refractivity contribution in [3.05, 3.63) is 70.1 Å². The van der Waals surface area contributed by atoms with Gasteiger partial charge >= 0.3 is 5.63 Å². The molecule has 1 N–H and O–H groups in total. The molecule has 0 spiro atoms. The number of hydrogen-bond acceptors (Lipinski definition) is 5. The summed E-state index contributed by atoms with van der Waals surface area (Å²) in [5.74, 6) is 0.939. The quantitative estimate of drug-likeness (QED) is 0.712. The lowest BCUT2D eigenvalue weighted by Crippen LogP contribution is -2.27. The molecule has 134 valence electrons. The fourth-order valence-corrected chi connectivity index (χ4v) is 2.71. The first-order valence-electron chi connectivity index (χ1n) is 8.08. The molecule has 3 rings (SSSR count). The van der Waals surface area contributed by atoms with E-state index in [0.29, 0.717) is 16.7 Å². The average molecular weight is 353 g/mol. The van der Waals surface area contributed by atoms with Crippen LogP contribution in [0.5, 0.6) is 11.5 Å². The van der Waals surface area contributed by atoms with E-state index in [4.69, 9.17) is 13.9 Å². The van der Waals surface area contributed by atoms with Crippen LogP contribution < -0.4 is 20.4 Å². The minimum absolute atomic E-state index is 0.242. The van der Waals surface area contributed by atoms with Gasteiger partial charge in [-0.3, -0.25) is 4.79 Å². The molecule has 0 saturated heterocycles. The van der Waals surface area contributed by atoms with Crippen LogP contribution in [0.3, 0.4) is 0 Å². The summed E-state index contributed by atoms with van der Waals surface area (Å²) < 4.78 is 15.4. The standard InChI is InChI=1S/C20H19NO5/c1-12(13-4-6-14(24-2)7-5-13)21-20(23)17-11-19(22)26-18-10-15(25-3)8-9-16(17)18/h4-12H,1-3H3,(H,21,23). The minimum Gasteiger partial charge on any atom is -0.497 e. The predicted molar refractivity (Wildman–Crippen MR) is 97.9 cm³/mol. The first kappa shape index (κ1) is 17.5. The van der Waals surface area contributed by atoms with Gasteiger partial charge in [0.05, 0.1) is 25.8 Å². The van der Waals surface area contributed by atoms with Gasteiger partial charge in [0, 0.05) is 17.5 Å². The Kier molecular flexibility index (Phi) is 4.93.